The molecule has 0 saturated heterocycles. The van der Waals surface area contributed by atoms with Crippen molar-refractivity contribution in [3.8, 4) is 0 Å². The first-order chi connectivity index (χ1) is 9.48. The largest absolute Gasteiger partial charge is 0.387 e. The first-order valence-corrected chi connectivity index (χ1v) is 7.80. The van der Waals surface area contributed by atoms with E-state index in [1.807, 2.05) is 6.07 Å². The van der Waals surface area contributed by atoms with Crippen molar-refractivity contribution < 1.29 is 5.11 Å². The highest BCUT2D eigenvalue weighted by molar-refractivity contribution is 7.05. The van der Waals surface area contributed by atoms with Crippen molar-refractivity contribution >= 4 is 11.5 Å². The minimum absolute atomic E-state index is 0.0667. The van der Waals surface area contributed by atoms with Crippen LogP contribution in [-0.2, 0) is 11.8 Å². The number of rotatable bonds is 5. The molecule has 2 aromatic rings. The summed E-state index contributed by atoms with van der Waals surface area (Å²) in [5.41, 5.74) is 2.18. The van der Waals surface area contributed by atoms with Gasteiger partial charge in [0.25, 0.3) is 0 Å². The van der Waals surface area contributed by atoms with Gasteiger partial charge in [-0.3, -0.25) is 0 Å². The van der Waals surface area contributed by atoms with Crippen LogP contribution in [0.5, 0.6) is 0 Å². The number of aryl methyl sites for hydroxylation is 1. The quantitative estimate of drug-likeness (QED) is 0.908. The van der Waals surface area contributed by atoms with E-state index < -0.39 is 6.10 Å². The molecule has 0 fully saturated rings. The summed E-state index contributed by atoms with van der Waals surface area (Å²) >= 11 is 1.32. The summed E-state index contributed by atoms with van der Waals surface area (Å²) in [5, 5.41) is 14.5. The van der Waals surface area contributed by atoms with E-state index in [0.29, 0.717) is 0 Å². The number of hydrogen-bond acceptors (Lipinski definition) is 4. The molecule has 0 amide bonds. The third-order valence-corrected chi connectivity index (χ3v) is 4.14. The molecule has 0 aliphatic rings. The molecule has 0 aliphatic carbocycles. The van der Waals surface area contributed by atoms with Gasteiger partial charge in [-0.25, -0.2) is 0 Å². The van der Waals surface area contributed by atoms with E-state index in [0.717, 1.165) is 29.8 Å². The number of aliphatic hydroxyl groups excluding tert-OH is 1. The van der Waals surface area contributed by atoms with Crippen LogP contribution in [0.4, 0.5) is 0 Å². The van der Waals surface area contributed by atoms with Crippen LogP contribution in [0.2, 0.25) is 0 Å². The third kappa shape index (κ3) is 3.87. The molecule has 3 nitrogen and oxygen atoms in total. The van der Waals surface area contributed by atoms with Crippen molar-refractivity contribution in [2.75, 3.05) is 0 Å². The fourth-order valence-corrected chi connectivity index (χ4v) is 3.09. The predicted molar refractivity (Wildman–Crippen MR) is 82.9 cm³/mol. The van der Waals surface area contributed by atoms with Crippen LogP contribution in [0.25, 0.3) is 0 Å². The summed E-state index contributed by atoms with van der Waals surface area (Å²) in [6, 6.07) is 10.4. The Hall–Kier alpha value is -1.26. The second-order valence-corrected chi connectivity index (χ2v) is 6.92. The van der Waals surface area contributed by atoms with Gasteiger partial charge < -0.3 is 5.11 Å². The Morgan fingerprint density at radius 3 is 2.55 bits per heavy atom. The lowest BCUT2D eigenvalue weighted by Crippen LogP contribution is -2.15. The summed E-state index contributed by atoms with van der Waals surface area (Å²) in [7, 11) is 0. The third-order valence-electron chi connectivity index (χ3n) is 3.31. The maximum atomic E-state index is 10.4. The fraction of sp³-hybridized carbons (Fsp3) is 0.500. The lowest BCUT2D eigenvalue weighted by molar-refractivity contribution is 0.166. The first-order valence-electron chi connectivity index (χ1n) is 7.03. The Kier molecular flexibility index (Phi) is 4.89. The Labute approximate surface area is 124 Å². The first kappa shape index (κ1) is 15.1. The Bertz CT molecular complexity index is 531. The van der Waals surface area contributed by atoms with Gasteiger partial charge in [-0.15, -0.1) is 5.10 Å². The molecule has 4 heteroatoms. The maximum Gasteiger partial charge on any atom is 0.0917 e. The van der Waals surface area contributed by atoms with Gasteiger partial charge >= 0.3 is 0 Å². The van der Waals surface area contributed by atoms with Crippen molar-refractivity contribution in [2.45, 2.75) is 51.6 Å². The zero-order chi connectivity index (χ0) is 14.6. The van der Waals surface area contributed by atoms with Gasteiger partial charge in [0.2, 0.25) is 0 Å². The minimum atomic E-state index is -0.451. The predicted octanol–water partition coefficient (Wildman–Crippen LogP) is 3.89. The molecule has 1 aromatic heterocycles. The topological polar surface area (TPSA) is 46.0 Å². The maximum absolute atomic E-state index is 10.4. The molecule has 0 radical (unpaired) electrons. The monoisotopic (exact) mass is 290 g/mol. The summed E-state index contributed by atoms with van der Waals surface area (Å²) in [6.07, 6.45) is 2.26. The Morgan fingerprint density at radius 2 is 1.90 bits per heavy atom. The Balaban J connectivity index is 1.93. The molecule has 0 bridgehead atoms. The van der Waals surface area contributed by atoms with Gasteiger partial charge in [0.1, 0.15) is 0 Å². The number of nitrogens with zero attached hydrogens (tertiary/aromatic N) is 2. The van der Waals surface area contributed by atoms with Crippen molar-refractivity contribution in [2.24, 2.45) is 0 Å². The van der Waals surface area contributed by atoms with Crippen LogP contribution < -0.4 is 0 Å². The average Bonchev–Trinajstić information content (AvgIpc) is 2.89. The molecule has 0 spiro atoms. The molecule has 108 valence electrons. The summed E-state index contributed by atoms with van der Waals surface area (Å²) < 4.78 is 4.01. The zero-order valence-electron chi connectivity index (χ0n) is 12.3. The summed E-state index contributed by atoms with van der Waals surface area (Å²) in [6.45, 7) is 6.30. The van der Waals surface area contributed by atoms with Crippen molar-refractivity contribution in [3.05, 3.63) is 46.5 Å². The molecular formula is C16H22N2OS. The van der Waals surface area contributed by atoms with Gasteiger partial charge in [0, 0.05) is 5.41 Å². The number of hydrogen-bond donors (Lipinski definition) is 1. The standard InChI is InChI=1S/C16H22N2OS/c1-16(2,3)15-14(20-18-17-15)13(19)11-7-10-12-8-5-4-6-9-12/h4-6,8-9,13,19H,7,10-11H2,1-3H3. The van der Waals surface area contributed by atoms with Gasteiger partial charge in [-0.05, 0) is 36.4 Å². The van der Waals surface area contributed by atoms with Crippen LogP contribution in [-0.4, -0.2) is 14.7 Å². The smallest absolute Gasteiger partial charge is 0.0917 e. The van der Waals surface area contributed by atoms with Crippen LogP contribution in [0.1, 0.15) is 55.9 Å². The van der Waals surface area contributed by atoms with Gasteiger partial charge in [-0.2, -0.15) is 0 Å². The molecule has 0 saturated carbocycles. The normalized spacial score (nSPS) is 13.4. The molecular weight excluding hydrogens is 268 g/mol. The van der Waals surface area contributed by atoms with Gasteiger partial charge in [-0.1, -0.05) is 55.6 Å². The van der Waals surface area contributed by atoms with Crippen LogP contribution >= 0.6 is 11.5 Å². The van der Waals surface area contributed by atoms with Gasteiger partial charge in [0.15, 0.2) is 0 Å². The molecule has 1 N–H and O–H groups in total. The molecule has 0 aliphatic heterocycles. The number of benzene rings is 1. The van der Waals surface area contributed by atoms with Crippen molar-refractivity contribution in [1.82, 2.24) is 9.59 Å². The lowest BCUT2D eigenvalue weighted by atomic mass is 9.90. The second-order valence-electron chi connectivity index (χ2n) is 6.13. The van der Waals surface area contributed by atoms with Crippen LogP contribution in [0.3, 0.4) is 0 Å². The minimum Gasteiger partial charge on any atom is -0.387 e. The lowest BCUT2D eigenvalue weighted by Gasteiger charge is -2.18. The van der Waals surface area contributed by atoms with Crippen LogP contribution in [0, 0.1) is 0 Å². The molecule has 1 atom stereocenters. The Morgan fingerprint density at radius 1 is 1.20 bits per heavy atom. The summed E-state index contributed by atoms with van der Waals surface area (Å²) in [4.78, 5) is 0.922. The average molecular weight is 290 g/mol. The zero-order valence-corrected chi connectivity index (χ0v) is 13.2. The molecule has 1 heterocycles. The number of aromatic nitrogens is 2. The molecule has 20 heavy (non-hydrogen) atoms. The van der Waals surface area contributed by atoms with E-state index >= 15 is 0 Å². The summed E-state index contributed by atoms with van der Waals surface area (Å²) in [5.74, 6) is 0. The van der Waals surface area contributed by atoms with E-state index in [-0.39, 0.29) is 5.41 Å². The fourth-order valence-electron chi connectivity index (χ4n) is 2.21. The number of aliphatic hydroxyl groups is 1. The van der Waals surface area contributed by atoms with E-state index in [1.165, 1.54) is 17.1 Å². The van der Waals surface area contributed by atoms with E-state index in [4.69, 9.17) is 0 Å². The van der Waals surface area contributed by atoms with Gasteiger partial charge in [0.05, 0.1) is 16.7 Å². The molecule has 1 unspecified atom stereocenters. The molecule has 1 aromatic carbocycles. The van der Waals surface area contributed by atoms with E-state index in [9.17, 15) is 5.11 Å². The second kappa shape index (κ2) is 6.46. The van der Waals surface area contributed by atoms with Crippen molar-refractivity contribution in [1.29, 1.82) is 0 Å². The van der Waals surface area contributed by atoms with Crippen LogP contribution in [0.15, 0.2) is 30.3 Å². The van der Waals surface area contributed by atoms with E-state index in [2.05, 4.69) is 54.6 Å². The van der Waals surface area contributed by atoms with Crippen molar-refractivity contribution in [3.63, 3.8) is 0 Å². The SMILES string of the molecule is CC(C)(C)c1nnsc1C(O)CCCc1ccccc1. The highest BCUT2D eigenvalue weighted by Gasteiger charge is 2.25. The highest BCUT2D eigenvalue weighted by Crippen LogP contribution is 2.32. The highest BCUT2D eigenvalue weighted by atomic mass is 32.1. The van der Waals surface area contributed by atoms with E-state index in [1.54, 1.807) is 0 Å². The molecule has 2 rings (SSSR count).